The number of piperazine rings is 1. The van der Waals surface area contributed by atoms with E-state index in [-0.39, 0.29) is 5.91 Å². The van der Waals surface area contributed by atoms with Crippen LogP contribution in [0.2, 0.25) is 0 Å². The van der Waals surface area contributed by atoms with Crippen molar-refractivity contribution in [2.24, 2.45) is 0 Å². The molecule has 0 saturated carbocycles. The summed E-state index contributed by atoms with van der Waals surface area (Å²) >= 11 is 0. The third-order valence-electron chi connectivity index (χ3n) is 5.55. The van der Waals surface area contributed by atoms with Crippen molar-refractivity contribution in [2.45, 2.75) is 6.54 Å². The van der Waals surface area contributed by atoms with Crippen LogP contribution in [-0.4, -0.2) is 61.6 Å². The molecule has 8 nitrogen and oxygen atoms in total. The second-order valence-corrected chi connectivity index (χ2v) is 7.62. The molecule has 1 saturated heterocycles. The molecule has 0 spiro atoms. The van der Waals surface area contributed by atoms with Crippen molar-refractivity contribution in [2.75, 3.05) is 31.9 Å². The average Bonchev–Trinajstić information content (AvgIpc) is 3.30. The van der Waals surface area contributed by atoms with Crippen molar-refractivity contribution in [1.82, 2.24) is 29.5 Å². The SMILES string of the molecule is Nc1nc(CN2CCN(C(=O)c3cnn(-c4ccccc4)c3)CC2)nc2ccccc12. The van der Waals surface area contributed by atoms with Crippen LogP contribution >= 0.6 is 0 Å². The Hall–Kier alpha value is -3.78. The quantitative estimate of drug-likeness (QED) is 0.552. The Labute approximate surface area is 179 Å². The van der Waals surface area contributed by atoms with Gasteiger partial charge in [0.2, 0.25) is 0 Å². The highest BCUT2D eigenvalue weighted by Crippen LogP contribution is 2.18. The number of carbonyl (C=O) groups excluding carboxylic acids is 1. The van der Waals surface area contributed by atoms with Gasteiger partial charge in [-0.3, -0.25) is 9.69 Å². The molecular weight excluding hydrogens is 390 g/mol. The van der Waals surface area contributed by atoms with Crippen molar-refractivity contribution < 1.29 is 4.79 Å². The van der Waals surface area contributed by atoms with E-state index in [1.54, 1.807) is 17.1 Å². The highest BCUT2D eigenvalue weighted by molar-refractivity contribution is 5.94. The fourth-order valence-corrected chi connectivity index (χ4v) is 3.87. The number of fused-ring (bicyclic) bond motifs is 1. The molecule has 0 bridgehead atoms. The van der Waals surface area contributed by atoms with E-state index < -0.39 is 0 Å². The number of hydrogen-bond donors (Lipinski definition) is 1. The number of nitrogens with two attached hydrogens (primary N) is 1. The summed E-state index contributed by atoms with van der Waals surface area (Å²) in [7, 11) is 0. The molecule has 0 atom stereocenters. The molecule has 156 valence electrons. The molecule has 2 aromatic carbocycles. The lowest BCUT2D eigenvalue weighted by Crippen LogP contribution is -2.48. The molecule has 0 radical (unpaired) electrons. The molecule has 2 aromatic heterocycles. The maximum atomic E-state index is 12.9. The van der Waals surface area contributed by atoms with Crippen LogP contribution in [-0.2, 0) is 6.54 Å². The predicted molar refractivity (Wildman–Crippen MR) is 119 cm³/mol. The van der Waals surface area contributed by atoms with Crippen molar-refractivity contribution >= 4 is 22.6 Å². The van der Waals surface area contributed by atoms with Gasteiger partial charge in [-0.15, -0.1) is 0 Å². The molecule has 4 aromatic rings. The number of para-hydroxylation sites is 2. The molecule has 2 N–H and O–H groups in total. The fraction of sp³-hybridized carbons (Fsp3) is 0.217. The monoisotopic (exact) mass is 413 g/mol. The molecule has 5 rings (SSSR count). The lowest BCUT2D eigenvalue weighted by molar-refractivity contribution is 0.0625. The zero-order chi connectivity index (χ0) is 21.2. The maximum Gasteiger partial charge on any atom is 0.257 e. The second-order valence-electron chi connectivity index (χ2n) is 7.62. The highest BCUT2D eigenvalue weighted by Gasteiger charge is 2.24. The number of rotatable bonds is 4. The fourth-order valence-electron chi connectivity index (χ4n) is 3.87. The van der Waals surface area contributed by atoms with Gasteiger partial charge in [-0.05, 0) is 24.3 Å². The molecular formula is C23H23N7O. The van der Waals surface area contributed by atoms with Gasteiger partial charge in [-0.25, -0.2) is 14.6 Å². The van der Waals surface area contributed by atoms with Crippen LogP contribution in [0.15, 0.2) is 67.0 Å². The van der Waals surface area contributed by atoms with Gasteiger partial charge in [0.25, 0.3) is 5.91 Å². The minimum absolute atomic E-state index is 0.00744. The van der Waals surface area contributed by atoms with E-state index in [0.29, 0.717) is 36.8 Å². The third-order valence-corrected chi connectivity index (χ3v) is 5.55. The molecule has 1 fully saturated rings. The summed E-state index contributed by atoms with van der Waals surface area (Å²) in [5, 5.41) is 5.21. The number of benzene rings is 2. The first kappa shape index (κ1) is 19.2. The largest absolute Gasteiger partial charge is 0.383 e. The first-order valence-electron chi connectivity index (χ1n) is 10.3. The van der Waals surface area contributed by atoms with Gasteiger partial charge in [-0.2, -0.15) is 5.10 Å². The molecule has 1 amide bonds. The summed E-state index contributed by atoms with van der Waals surface area (Å²) < 4.78 is 1.73. The van der Waals surface area contributed by atoms with Gasteiger partial charge >= 0.3 is 0 Å². The first-order chi connectivity index (χ1) is 15.2. The number of aromatic nitrogens is 4. The van der Waals surface area contributed by atoms with Crippen LogP contribution in [0.1, 0.15) is 16.2 Å². The minimum Gasteiger partial charge on any atom is -0.383 e. The Morgan fingerprint density at radius 2 is 1.68 bits per heavy atom. The number of nitrogens with zero attached hydrogens (tertiary/aromatic N) is 6. The molecule has 3 heterocycles. The lowest BCUT2D eigenvalue weighted by Gasteiger charge is -2.34. The van der Waals surface area contributed by atoms with Crippen LogP contribution in [0.3, 0.4) is 0 Å². The standard InChI is InChI=1S/C23H23N7O/c24-22-19-8-4-5-9-20(19)26-21(27-22)16-28-10-12-29(13-11-28)23(31)17-14-25-30(15-17)18-6-2-1-3-7-18/h1-9,14-15H,10-13,16H2,(H2,24,26,27). The van der Waals surface area contributed by atoms with Crippen LogP contribution in [0, 0.1) is 0 Å². The average molecular weight is 413 g/mol. The van der Waals surface area contributed by atoms with Crippen molar-refractivity contribution in [3.63, 3.8) is 0 Å². The number of carbonyl (C=O) groups is 1. The summed E-state index contributed by atoms with van der Waals surface area (Å²) in [6, 6.07) is 17.5. The van der Waals surface area contributed by atoms with Crippen LogP contribution < -0.4 is 5.73 Å². The van der Waals surface area contributed by atoms with E-state index in [1.165, 1.54) is 0 Å². The number of nitrogen functional groups attached to an aromatic ring is 1. The lowest BCUT2D eigenvalue weighted by atomic mass is 10.2. The molecule has 1 aliphatic rings. The molecule has 1 aliphatic heterocycles. The van der Waals surface area contributed by atoms with Gasteiger partial charge in [0.15, 0.2) is 0 Å². The summed E-state index contributed by atoms with van der Waals surface area (Å²) in [5.74, 6) is 1.22. The zero-order valence-corrected chi connectivity index (χ0v) is 17.1. The summed E-state index contributed by atoms with van der Waals surface area (Å²) in [4.78, 5) is 26.1. The summed E-state index contributed by atoms with van der Waals surface area (Å²) in [5.41, 5.74) is 8.49. The van der Waals surface area contributed by atoms with Gasteiger partial charge in [0.05, 0.1) is 29.5 Å². The van der Waals surface area contributed by atoms with E-state index in [4.69, 9.17) is 5.73 Å². The van der Waals surface area contributed by atoms with Gasteiger partial charge in [0.1, 0.15) is 11.6 Å². The normalized spacial score (nSPS) is 14.8. The van der Waals surface area contributed by atoms with E-state index in [9.17, 15) is 4.79 Å². The predicted octanol–water partition coefficient (Wildman–Crippen LogP) is 2.36. The molecule has 8 heteroatoms. The van der Waals surface area contributed by atoms with Gasteiger partial charge < -0.3 is 10.6 Å². The maximum absolute atomic E-state index is 12.9. The number of hydrogen-bond acceptors (Lipinski definition) is 6. The van der Waals surface area contributed by atoms with Crippen molar-refractivity contribution in [3.05, 3.63) is 78.4 Å². The first-order valence-corrected chi connectivity index (χ1v) is 10.3. The third kappa shape index (κ3) is 3.97. The number of amides is 1. The van der Waals surface area contributed by atoms with E-state index >= 15 is 0 Å². The van der Waals surface area contributed by atoms with Crippen molar-refractivity contribution in [3.8, 4) is 5.69 Å². The Morgan fingerprint density at radius 1 is 0.935 bits per heavy atom. The Balaban J connectivity index is 1.22. The Bertz CT molecular complexity index is 1210. The number of anilines is 1. The van der Waals surface area contributed by atoms with E-state index in [0.717, 1.165) is 29.7 Å². The van der Waals surface area contributed by atoms with Crippen LogP contribution in [0.25, 0.3) is 16.6 Å². The zero-order valence-electron chi connectivity index (χ0n) is 17.1. The minimum atomic E-state index is 0.00744. The topological polar surface area (TPSA) is 93.2 Å². The highest BCUT2D eigenvalue weighted by atomic mass is 16.2. The summed E-state index contributed by atoms with van der Waals surface area (Å²) in [6.45, 7) is 3.43. The van der Waals surface area contributed by atoms with E-state index in [1.807, 2.05) is 59.5 Å². The molecule has 0 unspecified atom stereocenters. The Morgan fingerprint density at radius 3 is 2.48 bits per heavy atom. The van der Waals surface area contributed by atoms with Crippen LogP contribution in [0.5, 0.6) is 0 Å². The smallest absolute Gasteiger partial charge is 0.257 e. The van der Waals surface area contributed by atoms with Crippen LogP contribution in [0.4, 0.5) is 5.82 Å². The Kier molecular flexibility index (Phi) is 5.05. The van der Waals surface area contributed by atoms with Crippen molar-refractivity contribution in [1.29, 1.82) is 0 Å². The second kappa shape index (κ2) is 8.16. The van der Waals surface area contributed by atoms with E-state index in [2.05, 4.69) is 20.0 Å². The molecule has 31 heavy (non-hydrogen) atoms. The van der Waals surface area contributed by atoms with Gasteiger partial charge in [-0.1, -0.05) is 30.3 Å². The molecule has 0 aliphatic carbocycles. The van der Waals surface area contributed by atoms with Gasteiger partial charge in [0, 0.05) is 37.8 Å². The summed E-state index contributed by atoms with van der Waals surface area (Å²) in [6.07, 6.45) is 3.42.